The number of fused-ring (bicyclic) bond motifs is 1. The van der Waals surface area contributed by atoms with Crippen LogP contribution >= 0.6 is 35.4 Å². The van der Waals surface area contributed by atoms with Crippen LogP contribution in [0.3, 0.4) is 0 Å². The molecule has 0 saturated heterocycles. The average molecular weight is 529 g/mol. The number of benzene rings is 3. The number of thiocarbonyl (C=S) groups is 1. The van der Waals surface area contributed by atoms with Gasteiger partial charge in [0.05, 0.1) is 41.5 Å². The Morgan fingerprint density at radius 3 is 2.40 bits per heavy atom. The molecule has 35 heavy (non-hydrogen) atoms. The Morgan fingerprint density at radius 2 is 1.69 bits per heavy atom. The van der Waals surface area contributed by atoms with Crippen LogP contribution in [0.2, 0.25) is 10.0 Å². The van der Waals surface area contributed by atoms with E-state index >= 15 is 0 Å². The van der Waals surface area contributed by atoms with Crippen molar-refractivity contribution in [2.45, 2.75) is 6.42 Å². The molecular weight excluding hydrogens is 507 g/mol. The van der Waals surface area contributed by atoms with Gasteiger partial charge in [-0.15, -0.1) is 0 Å². The fraction of sp³-hybridized carbons (Fsp3) is 0.160. The number of hydrogen-bond acceptors (Lipinski definition) is 6. The Morgan fingerprint density at radius 1 is 0.943 bits per heavy atom. The van der Waals surface area contributed by atoms with E-state index in [-0.39, 0.29) is 15.8 Å². The Kier molecular flexibility index (Phi) is 7.75. The second-order valence-corrected chi connectivity index (χ2v) is 8.79. The molecule has 0 aliphatic rings. The highest BCUT2D eigenvalue weighted by molar-refractivity contribution is 7.80. The van der Waals surface area contributed by atoms with E-state index in [1.165, 1.54) is 0 Å². The third kappa shape index (κ3) is 5.85. The van der Waals surface area contributed by atoms with E-state index in [2.05, 4.69) is 20.6 Å². The smallest absolute Gasteiger partial charge is 0.171 e. The zero-order valence-electron chi connectivity index (χ0n) is 18.9. The number of anilines is 1. The van der Waals surface area contributed by atoms with Crippen molar-refractivity contribution >= 4 is 57.4 Å². The lowest BCUT2D eigenvalue weighted by atomic mass is 10.0. The molecule has 10 heteroatoms. The van der Waals surface area contributed by atoms with Crippen LogP contribution < -0.4 is 20.1 Å². The summed E-state index contributed by atoms with van der Waals surface area (Å²) in [7, 11) is 3.22. The predicted octanol–water partition coefficient (Wildman–Crippen LogP) is 5.86. The third-order valence-corrected chi connectivity index (χ3v) is 6.10. The van der Waals surface area contributed by atoms with Crippen LogP contribution in [0.25, 0.3) is 22.2 Å². The van der Waals surface area contributed by atoms with Gasteiger partial charge in [-0.3, -0.25) is 4.98 Å². The minimum atomic E-state index is -0.142. The van der Waals surface area contributed by atoms with Gasteiger partial charge in [-0.25, -0.2) is 4.98 Å². The normalized spacial score (nSPS) is 10.7. The van der Waals surface area contributed by atoms with E-state index in [0.29, 0.717) is 34.5 Å². The highest BCUT2D eigenvalue weighted by Gasteiger charge is 2.10. The second-order valence-electron chi connectivity index (χ2n) is 7.57. The molecule has 0 atom stereocenters. The maximum absolute atomic E-state index is 9.82. The first-order valence-electron chi connectivity index (χ1n) is 10.6. The fourth-order valence-corrected chi connectivity index (χ4v) is 4.19. The van der Waals surface area contributed by atoms with Gasteiger partial charge in [-0.2, -0.15) is 0 Å². The number of ether oxygens (including phenoxy) is 2. The van der Waals surface area contributed by atoms with E-state index in [0.717, 1.165) is 28.6 Å². The third-order valence-electron chi connectivity index (χ3n) is 5.28. The molecule has 7 nitrogen and oxygen atoms in total. The van der Waals surface area contributed by atoms with Crippen molar-refractivity contribution in [3.8, 4) is 28.4 Å². The van der Waals surface area contributed by atoms with Gasteiger partial charge in [0.15, 0.2) is 28.2 Å². The van der Waals surface area contributed by atoms with Crippen molar-refractivity contribution in [3.63, 3.8) is 0 Å². The van der Waals surface area contributed by atoms with Gasteiger partial charge >= 0.3 is 0 Å². The molecule has 0 aliphatic heterocycles. The number of phenols is 1. The molecule has 0 fully saturated rings. The van der Waals surface area contributed by atoms with E-state index in [4.69, 9.17) is 44.9 Å². The van der Waals surface area contributed by atoms with Crippen molar-refractivity contribution in [1.29, 1.82) is 0 Å². The lowest BCUT2D eigenvalue weighted by Gasteiger charge is -2.12. The first-order chi connectivity index (χ1) is 16.9. The minimum Gasteiger partial charge on any atom is -0.505 e. The summed E-state index contributed by atoms with van der Waals surface area (Å²) in [5.74, 6) is 1.75. The highest BCUT2D eigenvalue weighted by Crippen LogP contribution is 2.37. The van der Waals surface area contributed by atoms with E-state index in [1.807, 2.05) is 36.4 Å². The summed E-state index contributed by atoms with van der Waals surface area (Å²) >= 11 is 17.6. The number of aromatic nitrogens is 2. The van der Waals surface area contributed by atoms with Crippen molar-refractivity contribution in [2.24, 2.45) is 0 Å². The topological polar surface area (TPSA) is 88.5 Å². The summed E-state index contributed by atoms with van der Waals surface area (Å²) in [4.78, 5) is 9.08. The fourth-order valence-electron chi connectivity index (χ4n) is 3.50. The van der Waals surface area contributed by atoms with Gasteiger partial charge in [0.1, 0.15) is 0 Å². The van der Waals surface area contributed by atoms with Crippen LogP contribution in [0.15, 0.2) is 54.7 Å². The van der Waals surface area contributed by atoms with Crippen LogP contribution in [-0.4, -0.2) is 41.0 Å². The first-order valence-corrected chi connectivity index (χ1v) is 11.8. The van der Waals surface area contributed by atoms with Crippen LogP contribution in [0.4, 0.5) is 5.82 Å². The quantitative estimate of drug-likeness (QED) is 0.257. The molecule has 180 valence electrons. The summed E-state index contributed by atoms with van der Waals surface area (Å²) in [5.41, 5.74) is 4.07. The molecule has 1 aromatic heterocycles. The summed E-state index contributed by atoms with van der Waals surface area (Å²) in [6.07, 6.45) is 2.37. The Bertz CT molecular complexity index is 1380. The summed E-state index contributed by atoms with van der Waals surface area (Å²) in [6, 6.07) is 14.7. The van der Waals surface area contributed by atoms with Crippen LogP contribution in [0.1, 0.15) is 5.56 Å². The number of nitrogens with one attached hydrogen (secondary N) is 2. The molecule has 0 radical (unpaired) electrons. The van der Waals surface area contributed by atoms with Gasteiger partial charge in [0, 0.05) is 6.54 Å². The Balaban J connectivity index is 1.42. The summed E-state index contributed by atoms with van der Waals surface area (Å²) in [5, 5.41) is 16.9. The Hall–Kier alpha value is -3.33. The standard InChI is InChI=1S/C25H22Cl2N4O3S/c1-33-21-6-3-14(9-22(21)34-2)7-8-28-25(35)31-23-13-29-19-5-4-15(12-20(19)30-23)16-10-17(26)24(32)18(27)11-16/h3-6,9-13,32H,7-8H2,1-2H3,(H2,28,30,31,35). The van der Waals surface area contributed by atoms with Crippen molar-refractivity contribution in [1.82, 2.24) is 15.3 Å². The number of phenolic OH excluding ortho intramolecular Hbond substituents is 1. The first kappa shape index (κ1) is 24.8. The number of aromatic hydroxyl groups is 1. The van der Waals surface area contributed by atoms with E-state index < -0.39 is 0 Å². The zero-order chi connectivity index (χ0) is 24.9. The monoisotopic (exact) mass is 528 g/mol. The molecular formula is C25H22Cl2N4O3S. The molecule has 3 aromatic carbocycles. The molecule has 0 amide bonds. The minimum absolute atomic E-state index is 0.142. The van der Waals surface area contributed by atoms with E-state index in [9.17, 15) is 5.11 Å². The van der Waals surface area contributed by atoms with Gasteiger partial charge < -0.3 is 25.2 Å². The lowest BCUT2D eigenvalue weighted by Crippen LogP contribution is -2.30. The highest BCUT2D eigenvalue weighted by atomic mass is 35.5. The largest absolute Gasteiger partial charge is 0.505 e. The second kappa shape index (κ2) is 10.9. The van der Waals surface area contributed by atoms with Crippen molar-refractivity contribution in [2.75, 3.05) is 26.1 Å². The van der Waals surface area contributed by atoms with Crippen LogP contribution in [0, 0.1) is 0 Å². The number of rotatable bonds is 7. The average Bonchev–Trinajstić information content (AvgIpc) is 2.86. The summed E-state index contributed by atoms with van der Waals surface area (Å²) < 4.78 is 10.6. The molecule has 4 aromatic rings. The van der Waals surface area contributed by atoms with Gasteiger partial charge in [0.25, 0.3) is 0 Å². The Labute approximate surface area is 218 Å². The lowest BCUT2D eigenvalue weighted by molar-refractivity contribution is 0.354. The molecule has 3 N–H and O–H groups in total. The molecule has 0 saturated carbocycles. The maximum atomic E-state index is 9.82. The van der Waals surface area contributed by atoms with E-state index in [1.54, 1.807) is 32.5 Å². The number of hydrogen-bond donors (Lipinski definition) is 3. The zero-order valence-corrected chi connectivity index (χ0v) is 21.3. The summed E-state index contributed by atoms with van der Waals surface area (Å²) in [6.45, 7) is 0.620. The molecule has 0 bridgehead atoms. The maximum Gasteiger partial charge on any atom is 0.171 e. The number of nitrogens with zero attached hydrogens (tertiary/aromatic N) is 2. The van der Waals surface area contributed by atoms with Crippen LogP contribution in [-0.2, 0) is 6.42 Å². The molecule has 0 spiro atoms. The van der Waals surface area contributed by atoms with Gasteiger partial charge in [0.2, 0.25) is 0 Å². The van der Waals surface area contributed by atoms with Crippen molar-refractivity contribution in [3.05, 3.63) is 70.3 Å². The number of halogens is 2. The van der Waals surface area contributed by atoms with Gasteiger partial charge in [-0.1, -0.05) is 35.3 Å². The molecule has 4 rings (SSSR count). The van der Waals surface area contributed by atoms with Crippen molar-refractivity contribution < 1.29 is 14.6 Å². The molecule has 0 unspecified atom stereocenters. The SMILES string of the molecule is COc1ccc(CCNC(=S)Nc2cnc3ccc(-c4cc(Cl)c(O)c(Cl)c4)cc3n2)cc1OC. The molecule has 1 heterocycles. The number of methoxy groups -OCH3 is 2. The van der Waals surface area contributed by atoms with Gasteiger partial charge in [-0.05, 0) is 71.7 Å². The van der Waals surface area contributed by atoms with Crippen LogP contribution in [0.5, 0.6) is 17.2 Å². The predicted molar refractivity (Wildman–Crippen MR) is 144 cm³/mol. The molecule has 0 aliphatic carbocycles.